The van der Waals surface area contributed by atoms with Gasteiger partial charge in [-0.1, -0.05) is 18.2 Å². The standard InChI is InChI=1S/C13H17N/c1-10-5-6-12(7-11(10)2)8-13(3,4)9-14/h5-7H,8H2,1-4H3. The largest absolute Gasteiger partial charge is 0.198 e. The summed E-state index contributed by atoms with van der Waals surface area (Å²) in [5.74, 6) is 0. The summed E-state index contributed by atoms with van der Waals surface area (Å²) in [6.45, 7) is 8.16. The second-order valence-electron chi connectivity index (χ2n) is 4.59. The Morgan fingerprint density at radius 2 is 1.86 bits per heavy atom. The number of nitrogens with zero attached hydrogens (tertiary/aromatic N) is 1. The highest BCUT2D eigenvalue weighted by Gasteiger charge is 2.17. The summed E-state index contributed by atoms with van der Waals surface area (Å²) >= 11 is 0. The third-order valence-electron chi connectivity index (χ3n) is 2.52. The van der Waals surface area contributed by atoms with Crippen LogP contribution in [0.5, 0.6) is 0 Å². The van der Waals surface area contributed by atoms with E-state index < -0.39 is 0 Å². The van der Waals surface area contributed by atoms with Crippen LogP contribution in [0, 0.1) is 30.6 Å². The van der Waals surface area contributed by atoms with Crippen molar-refractivity contribution in [2.45, 2.75) is 34.1 Å². The van der Waals surface area contributed by atoms with Crippen LogP contribution in [0.1, 0.15) is 30.5 Å². The Labute approximate surface area is 86.4 Å². The van der Waals surface area contributed by atoms with Crippen LogP contribution in [-0.2, 0) is 6.42 Å². The van der Waals surface area contributed by atoms with Crippen molar-refractivity contribution in [1.29, 1.82) is 5.26 Å². The van der Waals surface area contributed by atoms with Crippen LogP contribution in [0.25, 0.3) is 0 Å². The van der Waals surface area contributed by atoms with Gasteiger partial charge in [-0.2, -0.15) is 5.26 Å². The lowest BCUT2D eigenvalue weighted by Crippen LogP contribution is -2.11. The molecule has 1 nitrogen and oxygen atoms in total. The number of nitriles is 1. The second kappa shape index (κ2) is 3.84. The van der Waals surface area contributed by atoms with Crippen LogP contribution in [0.3, 0.4) is 0 Å². The first-order valence-corrected chi connectivity index (χ1v) is 4.92. The lowest BCUT2D eigenvalue weighted by molar-refractivity contribution is 0.493. The van der Waals surface area contributed by atoms with Gasteiger partial charge in [0.05, 0.1) is 11.5 Å². The van der Waals surface area contributed by atoms with Crippen molar-refractivity contribution >= 4 is 0 Å². The molecule has 0 saturated heterocycles. The Kier molecular flexibility index (Phi) is 2.96. The van der Waals surface area contributed by atoms with Gasteiger partial charge in [-0.05, 0) is 50.8 Å². The average molecular weight is 187 g/mol. The maximum absolute atomic E-state index is 8.93. The summed E-state index contributed by atoms with van der Waals surface area (Å²) in [6, 6.07) is 8.73. The van der Waals surface area contributed by atoms with Gasteiger partial charge in [0.2, 0.25) is 0 Å². The molecule has 0 bridgehead atoms. The Morgan fingerprint density at radius 1 is 1.21 bits per heavy atom. The van der Waals surface area contributed by atoms with Crippen molar-refractivity contribution in [3.05, 3.63) is 34.9 Å². The van der Waals surface area contributed by atoms with Gasteiger partial charge < -0.3 is 0 Å². The van der Waals surface area contributed by atoms with Crippen molar-refractivity contribution in [3.63, 3.8) is 0 Å². The Balaban J connectivity index is 2.90. The van der Waals surface area contributed by atoms with Crippen molar-refractivity contribution in [2.24, 2.45) is 5.41 Å². The Morgan fingerprint density at radius 3 is 2.36 bits per heavy atom. The lowest BCUT2D eigenvalue weighted by Gasteiger charge is -2.15. The van der Waals surface area contributed by atoms with E-state index in [0.717, 1.165) is 6.42 Å². The highest BCUT2D eigenvalue weighted by Crippen LogP contribution is 2.21. The van der Waals surface area contributed by atoms with Crippen LogP contribution in [0.2, 0.25) is 0 Å². The molecule has 0 heterocycles. The molecule has 1 aromatic rings. The van der Waals surface area contributed by atoms with Gasteiger partial charge in [0.15, 0.2) is 0 Å². The van der Waals surface area contributed by atoms with E-state index in [1.165, 1.54) is 16.7 Å². The second-order valence-corrected chi connectivity index (χ2v) is 4.59. The highest BCUT2D eigenvalue weighted by molar-refractivity contribution is 5.30. The van der Waals surface area contributed by atoms with Crippen LogP contribution in [-0.4, -0.2) is 0 Å². The quantitative estimate of drug-likeness (QED) is 0.696. The van der Waals surface area contributed by atoms with E-state index in [4.69, 9.17) is 5.26 Å². The number of benzene rings is 1. The number of hydrogen-bond acceptors (Lipinski definition) is 1. The van der Waals surface area contributed by atoms with Crippen LogP contribution in [0.15, 0.2) is 18.2 Å². The number of hydrogen-bond donors (Lipinski definition) is 0. The molecule has 0 N–H and O–H groups in total. The van der Waals surface area contributed by atoms with Gasteiger partial charge in [-0.15, -0.1) is 0 Å². The van der Waals surface area contributed by atoms with Gasteiger partial charge in [0.25, 0.3) is 0 Å². The van der Waals surface area contributed by atoms with Gasteiger partial charge in [-0.25, -0.2) is 0 Å². The fraction of sp³-hybridized carbons (Fsp3) is 0.462. The average Bonchev–Trinajstić information content (AvgIpc) is 2.11. The van der Waals surface area contributed by atoms with Crippen LogP contribution >= 0.6 is 0 Å². The lowest BCUT2D eigenvalue weighted by atomic mass is 9.87. The highest BCUT2D eigenvalue weighted by atomic mass is 14.3. The van der Waals surface area contributed by atoms with Crippen molar-refractivity contribution in [1.82, 2.24) is 0 Å². The summed E-state index contributed by atoms with van der Waals surface area (Å²) < 4.78 is 0. The summed E-state index contributed by atoms with van der Waals surface area (Å²) in [5, 5.41) is 8.93. The molecular formula is C13H17N. The van der Waals surface area contributed by atoms with Gasteiger partial charge in [-0.3, -0.25) is 0 Å². The zero-order valence-corrected chi connectivity index (χ0v) is 9.39. The van der Waals surface area contributed by atoms with E-state index in [1.54, 1.807) is 0 Å². The maximum atomic E-state index is 8.93. The van der Waals surface area contributed by atoms with E-state index in [1.807, 2.05) is 13.8 Å². The van der Waals surface area contributed by atoms with E-state index in [-0.39, 0.29) is 5.41 Å². The molecule has 0 spiro atoms. The minimum Gasteiger partial charge on any atom is -0.198 e. The molecule has 0 radical (unpaired) electrons. The molecule has 0 aliphatic carbocycles. The third kappa shape index (κ3) is 2.60. The maximum Gasteiger partial charge on any atom is 0.0687 e. The molecule has 1 rings (SSSR count). The first-order valence-electron chi connectivity index (χ1n) is 4.92. The Hall–Kier alpha value is -1.29. The number of aryl methyl sites for hydroxylation is 2. The van der Waals surface area contributed by atoms with E-state index >= 15 is 0 Å². The molecule has 0 amide bonds. The fourth-order valence-electron chi connectivity index (χ4n) is 1.46. The third-order valence-corrected chi connectivity index (χ3v) is 2.52. The molecule has 0 saturated carbocycles. The molecule has 0 fully saturated rings. The molecule has 0 unspecified atom stereocenters. The van der Waals surface area contributed by atoms with Crippen molar-refractivity contribution in [3.8, 4) is 6.07 Å². The predicted molar refractivity (Wildman–Crippen MR) is 59.0 cm³/mol. The van der Waals surface area contributed by atoms with Gasteiger partial charge in [0.1, 0.15) is 0 Å². The van der Waals surface area contributed by atoms with Crippen LogP contribution in [0.4, 0.5) is 0 Å². The molecule has 74 valence electrons. The molecule has 1 aromatic carbocycles. The molecule has 0 aliphatic rings. The van der Waals surface area contributed by atoms with Crippen LogP contribution < -0.4 is 0 Å². The molecule has 0 aliphatic heterocycles. The molecule has 0 aromatic heterocycles. The topological polar surface area (TPSA) is 23.8 Å². The van der Waals surface area contributed by atoms with Crippen molar-refractivity contribution in [2.75, 3.05) is 0 Å². The minimum absolute atomic E-state index is 0.262. The summed E-state index contributed by atoms with van der Waals surface area (Å²) in [4.78, 5) is 0. The van der Waals surface area contributed by atoms with E-state index in [9.17, 15) is 0 Å². The van der Waals surface area contributed by atoms with Gasteiger partial charge >= 0.3 is 0 Å². The normalized spacial score (nSPS) is 11.1. The molecule has 14 heavy (non-hydrogen) atoms. The van der Waals surface area contributed by atoms with Crippen molar-refractivity contribution < 1.29 is 0 Å². The zero-order chi connectivity index (χ0) is 10.8. The van der Waals surface area contributed by atoms with E-state index in [2.05, 4.69) is 38.1 Å². The minimum atomic E-state index is -0.262. The molecule has 1 heteroatoms. The summed E-state index contributed by atoms with van der Waals surface area (Å²) in [7, 11) is 0. The Bertz CT molecular complexity index is 369. The molecule has 0 atom stereocenters. The smallest absolute Gasteiger partial charge is 0.0687 e. The fourth-order valence-corrected chi connectivity index (χ4v) is 1.46. The first kappa shape index (κ1) is 10.8. The first-order chi connectivity index (χ1) is 6.44. The summed E-state index contributed by atoms with van der Waals surface area (Å²) in [5.41, 5.74) is 3.60. The van der Waals surface area contributed by atoms with E-state index in [0.29, 0.717) is 0 Å². The monoisotopic (exact) mass is 187 g/mol. The van der Waals surface area contributed by atoms with Gasteiger partial charge in [0, 0.05) is 0 Å². The zero-order valence-electron chi connectivity index (χ0n) is 9.39. The summed E-state index contributed by atoms with van der Waals surface area (Å²) in [6.07, 6.45) is 0.824. The molecular weight excluding hydrogens is 170 g/mol. The number of rotatable bonds is 2. The SMILES string of the molecule is Cc1ccc(CC(C)(C)C#N)cc1C. The predicted octanol–water partition coefficient (Wildman–Crippen LogP) is 3.40.